The molecule has 2 aromatic carbocycles. The summed E-state index contributed by atoms with van der Waals surface area (Å²) >= 11 is 0.935. The molecule has 0 saturated carbocycles. The number of hydrogen-bond acceptors (Lipinski definition) is 9. The summed E-state index contributed by atoms with van der Waals surface area (Å²) < 4.78 is 56.0. The van der Waals surface area contributed by atoms with E-state index in [0.29, 0.717) is 16.1 Å². The Kier molecular flexibility index (Phi) is 8.09. The number of aromatic amines is 1. The number of oxazole rings is 1. The third-order valence-electron chi connectivity index (χ3n) is 5.34. The van der Waals surface area contributed by atoms with Gasteiger partial charge in [-0.2, -0.15) is 13.2 Å². The molecule has 0 spiro atoms. The number of H-pyrrole nitrogens is 1. The highest BCUT2D eigenvalue weighted by Crippen LogP contribution is 2.36. The van der Waals surface area contributed by atoms with E-state index in [-0.39, 0.29) is 16.3 Å². The summed E-state index contributed by atoms with van der Waals surface area (Å²) in [6.07, 6.45) is -7.93. The van der Waals surface area contributed by atoms with Gasteiger partial charge in [0.25, 0.3) is 0 Å². The zero-order valence-corrected chi connectivity index (χ0v) is 24.3. The quantitative estimate of drug-likeness (QED) is 0.241. The first-order chi connectivity index (χ1) is 19.4. The van der Waals surface area contributed by atoms with E-state index in [9.17, 15) is 27.6 Å². The van der Waals surface area contributed by atoms with Crippen molar-refractivity contribution >= 4 is 39.8 Å². The minimum absolute atomic E-state index is 0.0455. The number of fused-ring (bicyclic) bond motifs is 1. The number of aromatic nitrogens is 3. The number of ether oxygens (including phenoxy) is 2. The second-order valence-electron chi connectivity index (χ2n) is 11.1. The van der Waals surface area contributed by atoms with Crippen molar-refractivity contribution in [1.82, 2.24) is 20.5 Å². The molecule has 15 heteroatoms. The maximum absolute atomic E-state index is 13.6. The summed E-state index contributed by atoms with van der Waals surface area (Å²) in [4.78, 5) is 41.6. The van der Waals surface area contributed by atoms with Crippen LogP contribution < -0.4 is 16.0 Å². The first-order valence-electron chi connectivity index (χ1n) is 12.6. The lowest BCUT2D eigenvalue weighted by Crippen LogP contribution is -2.48. The van der Waals surface area contributed by atoms with Gasteiger partial charge in [-0.05, 0) is 77.4 Å². The number of halogens is 3. The number of amides is 2. The zero-order valence-electron chi connectivity index (χ0n) is 23.5. The molecule has 0 bridgehead atoms. The van der Waals surface area contributed by atoms with Crippen molar-refractivity contribution in [2.75, 3.05) is 4.90 Å². The fourth-order valence-corrected chi connectivity index (χ4v) is 4.54. The SMILES string of the molecule is CC(C)(C)OC(=O)N[C@@H](c1ccc(C(F)(F)F)cc1)N(C(=O)OC(C)(C)C)c1nnc(-c2ccc3[nH]c(=O)oc3c2)s1. The third kappa shape index (κ3) is 7.46. The Bertz CT molecular complexity index is 1650. The molecule has 0 unspecified atom stereocenters. The molecule has 2 N–H and O–H groups in total. The highest BCUT2D eigenvalue weighted by molar-refractivity contribution is 7.18. The Labute approximate surface area is 241 Å². The van der Waals surface area contributed by atoms with Crippen LogP contribution in [0.25, 0.3) is 21.7 Å². The van der Waals surface area contributed by atoms with Crippen molar-refractivity contribution in [3.8, 4) is 10.6 Å². The molecule has 0 saturated heterocycles. The van der Waals surface area contributed by atoms with Crippen LogP contribution in [0, 0.1) is 0 Å². The molecule has 224 valence electrons. The van der Waals surface area contributed by atoms with E-state index >= 15 is 0 Å². The smallest absolute Gasteiger partial charge is 0.418 e. The maximum Gasteiger partial charge on any atom is 0.418 e. The van der Waals surface area contributed by atoms with Gasteiger partial charge in [0.15, 0.2) is 5.58 Å². The summed E-state index contributed by atoms with van der Waals surface area (Å²) in [5, 5.41) is 11.1. The van der Waals surface area contributed by atoms with E-state index in [0.717, 1.165) is 40.5 Å². The Hall–Kier alpha value is -4.40. The maximum atomic E-state index is 13.6. The van der Waals surface area contributed by atoms with Gasteiger partial charge >= 0.3 is 24.1 Å². The summed E-state index contributed by atoms with van der Waals surface area (Å²) in [7, 11) is 0. The molecule has 2 heterocycles. The summed E-state index contributed by atoms with van der Waals surface area (Å²) in [6, 6.07) is 8.74. The van der Waals surface area contributed by atoms with Crippen LogP contribution in [-0.2, 0) is 15.7 Å². The number of alkyl carbamates (subject to hydrolysis) is 1. The molecule has 1 atom stereocenters. The van der Waals surface area contributed by atoms with Crippen molar-refractivity contribution in [3.63, 3.8) is 0 Å². The highest BCUT2D eigenvalue weighted by atomic mass is 32.1. The number of alkyl halides is 3. The molecule has 4 rings (SSSR count). The molecule has 2 amide bonds. The van der Waals surface area contributed by atoms with Crippen LogP contribution in [0.4, 0.5) is 27.9 Å². The molecular weight excluding hydrogens is 579 g/mol. The molecule has 0 fully saturated rings. The van der Waals surface area contributed by atoms with Gasteiger partial charge in [-0.15, -0.1) is 10.2 Å². The standard InChI is InChI=1S/C27H28F3N5O6S/c1-25(2,3)40-23(37)32-19(14-7-10-16(11-8-14)27(28,29)30)35(24(38)41-26(4,5)6)21-34-33-20(42-21)15-9-12-17-18(13-15)39-22(36)31-17/h7-13,19H,1-6H3,(H,31,36)(H,32,37)/t19-/m1/s1. The number of nitrogens with one attached hydrogen (secondary N) is 2. The number of hydrogen-bond donors (Lipinski definition) is 2. The van der Waals surface area contributed by atoms with Gasteiger partial charge in [-0.25, -0.2) is 19.3 Å². The summed E-state index contributed by atoms with van der Waals surface area (Å²) in [5.74, 6) is -0.635. The van der Waals surface area contributed by atoms with E-state index in [2.05, 4.69) is 20.5 Å². The lowest BCUT2D eigenvalue weighted by atomic mass is 10.1. The Morgan fingerprint density at radius 1 is 0.976 bits per heavy atom. The number of anilines is 1. The van der Waals surface area contributed by atoms with Gasteiger partial charge in [-0.1, -0.05) is 23.5 Å². The Balaban J connectivity index is 1.81. The van der Waals surface area contributed by atoms with Crippen LogP contribution in [0.1, 0.15) is 58.8 Å². The average Bonchev–Trinajstić information content (AvgIpc) is 3.46. The van der Waals surface area contributed by atoms with Crippen molar-refractivity contribution in [2.24, 2.45) is 0 Å². The first-order valence-corrected chi connectivity index (χ1v) is 13.4. The molecule has 42 heavy (non-hydrogen) atoms. The lowest BCUT2D eigenvalue weighted by Gasteiger charge is -2.33. The second-order valence-corrected chi connectivity index (χ2v) is 12.1. The molecule has 4 aromatic rings. The van der Waals surface area contributed by atoms with Crippen molar-refractivity contribution < 1.29 is 36.7 Å². The summed E-state index contributed by atoms with van der Waals surface area (Å²) in [6.45, 7) is 9.78. The van der Waals surface area contributed by atoms with E-state index in [1.165, 1.54) is 0 Å². The van der Waals surface area contributed by atoms with E-state index in [1.54, 1.807) is 59.7 Å². The van der Waals surface area contributed by atoms with Crippen molar-refractivity contribution in [2.45, 2.75) is 65.1 Å². The Morgan fingerprint density at radius 3 is 2.21 bits per heavy atom. The number of carbonyl (C=O) groups is 2. The van der Waals surface area contributed by atoms with Crippen LogP contribution in [0.2, 0.25) is 0 Å². The fourth-order valence-electron chi connectivity index (χ4n) is 3.68. The fraction of sp³-hybridized carbons (Fsp3) is 0.370. The molecule has 2 aromatic heterocycles. The van der Waals surface area contributed by atoms with Gasteiger partial charge in [0.05, 0.1) is 11.1 Å². The average molecular weight is 608 g/mol. The van der Waals surface area contributed by atoms with E-state index in [1.807, 2.05) is 0 Å². The highest BCUT2D eigenvalue weighted by Gasteiger charge is 2.37. The number of benzene rings is 2. The van der Waals surface area contributed by atoms with Gasteiger partial charge in [0, 0.05) is 5.56 Å². The van der Waals surface area contributed by atoms with Crippen LogP contribution in [-0.4, -0.2) is 38.6 Å². The van der Waals surface area contributed by atoms with Crippen LogP contribution in [0.3, 0.4) is 0 Å². The first kappa shape index (κ1) is 30.6. The van der Waals surface area contributed by atoms with Gasteiger partial charge in [0.1, 0.15) is 22.4 Å². The summed E-state index contributed by atoms with van der Waals surface area (Å²) in [5.41, 5.74) is -1.49. The minimum Gasteiger partial charge on any atom is -0.444 e. The predicted octanol–water partition coefficient (Wildman–Crippen LogP) is 6.62. The lowest BCUT2D eigenvalue weighted by molar-refractivity contribution is -0.137. The van der Waals surface area contributed by atoms with Crippen LogP contribution in [0.15, 0.2) is 51.7 Å². The normalized spacial score (nSPS) is 13.1. The van der Waals surface area contributed by atoms with Gasteiger partial charge in [-0.3, -0.25) is 10.3 Å². The van der Waals surface area contributed by atoms with Crippen molar-refractivity contribution in [3.05, 3.63) is 64.1 Å². The largest absolute Gasteiger partial charge is 0.444 e. The number of nitrogens with zero attached hydrogens (tertiary/aromatic N) is 3. The Morgan fingerprint density at radius 2 is 1.62 bits per heavy atom. The van der Waals surface area contributed by atoms with Crippen LogP contribution in [0.5, 0.6) is 0 Å². The van der Waals surface area contributed by atoms with Gasteiger partial charge in [0.2, 0.25) is 5.13 Å². The van der Waals surface area contributed by atoms with E-state index < -0.39 is 47.1 Å². The zero-order chi connectivity index (χ0) is 31.0. The van der Waals surface area contributed by atoms with E-state index in [4.69, 9.17) is 13.9 Å². The minimum atomic E-state index is -4.61. The molecule has 0 aliphatic heterocycles. The monoisotopic (exact) mass is 607 g/mol. The van der Waals surface area contributed by atoms with Gasteiger partial charge < -0.3 is 13.9 Å². The topological polar surface area (TPSA) is 140 Å². The third-order valence-corrected chi connectivity index (χ3v) is 6.32. The molecular formula is C27H28F3N5O6S. The number of carbonyl (C=O) groups excluding carboxylic acids is 2. The predicted molar refractivity (Wildman–Crippen MR) is 148 cm³/mol. The molecule has 0 aliphatic rings. The van der Waals surface area contributed by atoms with Crippen LogP contribution >= 0.6 is 11.3 Å². The molecule has 11 nitrogen and oxygen atoms in total. The molecule has 0 radical (unpaired) electrons. The number of rotatable bonds is 5. The molecule has 0 aliphatic carbocycles. The second kappa shape index (κ2) is 11.1. The van der Waals surface area contributed by atoms with Crippen molar-refractivity contribution in [1.29, 1.82) is 0 Å².